The number of phenolic OH excluding ortho intramolecular Hbond substituents is 1. The number of phenols is 1. The highest BCUT2D eigenvalue weighted by molar-refractivity contribution is 5.83. The number of alkyl halides is 3. The molecule has 40 heavy (non-hydrogen) atoms. The number of piperidine rings is 1. The van der Waals surface area contributed by atoms with E-state index in [4.69, 9.17) is 9.90 Å². The van der Waals surface area contributed by atoms with Crippen molar-refractivity contribution >= 4 is 29.7 Å². The van der Waals surface area contributed by atoms with Gasteiger partial charge in [0.15, 0.2) is 17.4 Å². The number of benzene rings is 1. The molecule has 16 heteroatoms. The van der Waals surface area contributed by atoms with Crippen LogP contribution >= 0.6 is 0 Å². The van der Waals surface area contributed by atoms with E-state index in [0.29, 0.717) is 56.7 Å². The molecule has 5 rings (SSSR count). The number of carbonyl (C=O) groups is 3. The summed E-state index contributed by atoms with van der Waals surface area (Å²) in [6, 6.07) is 3.22. The molecule has 4 N–H and O–H groups in total. The first-order valence-electron chi connectivity index (χ1n) is 12.2. The second-order valence-electron chi connectivity index (χ2n) is 9.46. The van der Waals surface area contributed by atoms with Gasteiger partial charge in [0, 0.05) is 50.3 Å². The van der Waals surface area contributed by atoms with Crippen molar-refractivity contribution in [3.63, 3.8) is 0 Å². The number of aromatic hydroxyl groups is 1. The molecule has 1 aromatic carbocycles. The molecule has 0 radical (unpaired) electrons. The maximum absolute atomic E-state index is 13.8. The summed E-state index contributed by atoms with van der Waals surface area (Å²) < 4.78 is 59.3. The lowest BCUT2D eigenvalue weighted by atomic mass is 9.86. The van der Waals surface area contributed by atoms with Crippen molar-refractivity contribution in [2.45, 2.75) is 18.6 Å². The largest absolute Gasteiger partial charge is 0.504 e. The van der Waals surface area contributed by atoms with Crippen LogP contribution in [-0.4, -0.2) is 95.0 Å². The Morgan fingerprint density at radius 1 is 1.10 bits per heavy atom. The van der Waals surface area contributed by atoms with Crippen LogP contribution in [0.15, 0.2) is 18.2 Å². The minimum atomic E-state index is -5.08. The van der Waals surface area contributed by atoms with Crippen molar-refractivity contribution in [1.29, 1.82) is 0 Å². The zero-order valence-corrected chi connectivity index (χ0v) is 20.8. The van der Waals surface area contributed by atoms with E-state index in [1.807, 2.05) is 4.90 Å². The second kappa shape index (κ2) is 11.6. The van der Waals surface area contributed by atoms with Gasteiger partial charge < -0.3 is 35.4 Å². The van der Waals surface area contributed by atoms with E-state index in [1.165, 1.54) is 0 Å². The number of piperazine rings is 1. The van der Waals surface area contributed by atoms with Gasteiger partial charge in [-0.2, -0.15) is 13.2 Å². The number of aldehydes is 1. The standard InChI is InChI=1S/C22H24F2N6O3.C2HF3O2/c23-13-5-15(20(32)17(24)6-13)18-7-19-21(28-27-18)26-8-14-10-29(3-4-30(14)19)22(33)16-9-25-2-1-12(16)11-31;3-2(4,5)1(6)7/h5-7,11-12,14,16,25,32H,1-4,8-10H2,(H,26,28);(H,6,7). The Kier molecular flexibility index (Phi) is 8.37. The smallest absolute Gasteiger partial charge is 0.490 e. The van der Waals surface area contributed by atoms with E-state index in [0.717, 1.165) is 18.9 Å². The van der Waals surface area contributed by atoms with Gasteiger partial charge in [-0.05, 0) is 25.1 Å². The highest BCUT2D eigenvalue weighted by Gasteiger charge is 2.39. The number of carboxylic acid groups (broad SMARTS) is 1. The summed E-state index contributed by atoms with van der Waals surface area (Å²) in [7, 11) is 0. The monoisotopic (exact) mass is 572 g/mol. The second-order valence-corrected chi connectivity index (χ2v) is 9.46. The molecule has 2 saturated heterocycles. The molecule has 11 nitrogen and oxygen atoms in total. The summed E-state index contributed by atoms with van der Waals surface area (Å²) in [4.78, 5) is 37.4. The first-order chi connectivity index (χ1) is 18.9. The Hall–Kier alpha value is -4.08. The fourth-order valence-electron chi connectivity index (χ4n) is 4.93. The predicted octanol–water partition coefficient (Wildman–Crippen LogP) is 1.63. The summed E-state index contributed by atoms with van der Waals surface area (Å²) in [5.74, 6) is -5.44. The first-order valence-corrected chi connectivity index (χ1v) is 12.2. The summed E-state index contributed by atoms with van der Waals surface area (Å²) >= 11 is 0. The zero-order valence-electron chi connectivity index (χ0n) is 20.8. The van der Waals surface area contributed by atoms with E-state index >= 15 is 0 Å². The third-order valence-electron chi connectivity index (χ3n) is 6.96. The van der Waals surface area contributed by atoms with Gasteiger partial charge in [-0.15, -0.1) is 10.2 Å². The SMILES string of the molecule is O=C(O)C(F)(F)F.O=CC1CCNCC1C(=O)N1CCN2c3cc(-c4cc(F)cc(F)c4O)nnc3NCC2C1. The number of hydrogen-bond acceptors (Lipinski definition) is 9. The Labute approximate surface area is 224 Å². The number of amides is 1. The van der Waals surface area contributed by atoms with Crippen molar-refractivity contribution in [3.8, 4) is 17.0 Å². The third-order valence-corrected chi connectivity index (χ3v) is 6.96. The molecule has 2 aromatic rings. The maximum atomic E-state index is 13.8. The van der Waals surface area contributed by atoms with E-state index < -0.39 is 29.5 Å². The number of aliphatic carboxylic acids is 1. The molecular formula is C24H25F5N6O5. The summed E-state index contributed by atoms with van der Waals surface area (Å²) in [6.45, 7) is 3.27. The molecule has 3 aliphatic rings. The number of fused-ring (bicyclic) bond motifs is 3. The average molecular weight is 572 g/mol. The lowest BCUT2D eigenvalue weighted by Gasteiger charge is -2.46. The van der Waals surface area contributed by atoms with E-state index in [1.54, 1.807) is 6.07 Å². The van der Waals surface area contributed by atoms with Gasteiger partial charge in [0.2, 0.25) is 5.91 Å². The van der Waals surface area contributed by atoms with Gasteiger partial charge in [-0.25, -0.2) is 13.6 Å². The zero-order chi connectivity index (χ0) is 29.2. The predicted molar refractivity (Wildman–Crippen MR) is 129 cm³/mol. The lowest BCUT2D eigenvalue weighted by molar-refractivity contribution is -0.192. The molecule has 4 heterocycles. The lowest BCUT2D eigenvalue weighted by Crippen LogP contribution is -2.61. The molecule has 3 atom stereocenters. The van der Waals surface area contributed by atoms with Crippen molar-refractivity contribution in [1.82, 2.24) is 20.4 Å². The summed E-state index contributed by atoms with van der Waals surface area (Å²) in [6.07, 6.45) is -3.53. The van der Waals surface area contributed by atoms with Crippen LogP contribution in [0.2, 0.25) is 0 Å². The molecule has 0 saturated carbocycles. The third kappa shape index (κ3) is 6.05. The fraction of sp³-hybridized carbons (Fsp3) is 0.458. The van der Waals surface area contributed by atoms with Crippen LogP contribution in [0.4, 0.5) is 33.5 Å². The molecular weight excluding hydrogens is 547 g/mol. The van der Waals surface area contributed by atoms with Crippen LogP contribution in [0.1, 0.15) is 6.42 Å². The van der Waals surface area contributed by atoms with Crippen molar-refractivity contribution in [2.24, 2.45) is 11.8 Å². The number of nitrogens with one attached hydrogen (secondary N) is 2. The minimum absolute atomic E-state index is 0.0153. The number of rotatable bonds is 3. The van der Waals surface area contributed by atoms with Crippen molar-refractivity contribution in [3.05, 3.63) is 29.8 Å². The Balaban J connectivity index is 0.000000470. The van der Waals surface area contributed by atoms with Gasteiger partial charge in [0.25, 0.3) is 0 Å². The van der Waals surface area contributed by atoms with Gasteiger partial charge in [-0.3, -0.25) is 4.79 Å². The summed E-state index contributed by atoms with van der Waals surface area (Å²) in [5.41, 5.74) is 0.758. The normalized spacial score (nSPS) is 22.2. The number of carboxylic acids is 1. The highest BCUT2D eigenvalue weighted by atomic mass is 19.4. The maximum Gasteiger partial charge on any atom is 0.490 e. The van der Waals surface area contributed by atoms with Crippen molar-refractivity contribution in [2.75, 3.05) is 49.5 Å². The molecule has 3 aliphatic heterocycles. The highest BCUT2D eigenvalue weighted by Crippen LogP contribution is 2.37. The van der Waals surface area contributed by atoms with Gasteiger partial charge in [0.1, 0.15) is 12.1 Å². The van der Waals surface area contributed by atoms with Crippen LogP contribution in [0, 0.1) is 23.5 Å². The molecule has 1 aromatic heterocycles. The topological polar surface area (TPSA) is 148 Å². The van der Waals surface area contributed by atoms with E-state index in [9.17, 15) is 36.6 Å². The van der Waals surface area contributed by atoms with Gasteiger partial charge in [0.05, 0.1) is 23.3 Å². The molecule has 1 amide bonds. The fourth-order valence-corrected chi connectivity index (χ4v) is 4.93. The molecule has 216 valence electrons. The summed E-state index contributed by atoms with van der Waals surface area (Å²) in [5, 5.41) is 31.8. The molecule has 0 spiro atoms. The minimum Gasteiger partial charge on any atom is -0.504 e. The van der Waals surface area contributed by atoms with E-state index in [-0.39, 0.29) is 35.0 Å². The van der Waals surface area contributed by atoms with Crippen LogP contribution in [0.3, 0.4) is 0 Å². The van der Waals surface area contributed by atoms with Gasteiger partial charge >= 0.3 is 12.1 Å². The Morgan fingerprint density at radius 2 is 1.82 bits per heavy atom. The Bertz CT molecular complexity index is 1300. The molecule has 0 aliphatic carbocycles. The number of halogens is 5. The van der Waals surface area contributed by atoms with Crippen LogP contribution < -0.4 is 15.5 Å². The number of nitrogens with zero attached hydrogens (tertiary/aromatic N) is 4. The number of aromatic nitrogens is 2. The molecule has 2 fully saturated rings. The Morgan fingerprint density at radius 3 is 2.50 bits per heavy atom. The number of carbonyl (C=O) groups excluding carboxylic acids is 2. The molecule has 0 bridgehead atoms. The van der Waals surface area contributed by atoms with Crippen LogP contribution in [0.5, 0.6) is 5.75 Å². The van der Waals surface area contributed by atoms with Gasteiger partial charge in [-0.1, -0.05) is 0 Å². The molecule has 3 unspecified atom stereocenters. The number of hydrogen-bond donors (Lipinski definition) is 4. The van der Waals surface area contributed by atoms with E-state index in [2.05, 4.69) is 25.7 Å². The first kappa shape index (κ1) is 28.9. The van der Waals surface area contributed by atoms with Crippen LogP contribution in [-0.2, 0) is 14.4 Å². The van der Waals surface area contributed by atoms with Crippen molar-refractivity contribution < 1.29 is 46.5 Å². The van der Waals surface area contributed by atoms with Crippen LogP contribution in [0.25, 0.3) is 11.3 Å². The number of anilines is 2. The quantitative estimate of drug-likeness (QED) is 0.316. The average Bonchev–Trinajstić information content (AvgIpc) is 2.93.